The largest absolute Gasteiger partial charge is 0.491 e. The summed E-state index contributed by atoms with van der Waals surface area (Å²) in [6.45, 7) is 7.84. The average Bonchev–Trinajstić information content (AvgIpc) is 2.80. The molecule has 1 N–H and O–H groups in total. The Hall–Kier alpha value is -3.38. The molecular weight excluding hydrogens is 418 g/mol. The van der Waals surface area contributed by atoms with E-state index in [4.69, 9.17) is 24.3 Å². The van der Waals surface area contributed by atoms with Crippen LogP contribution in [0.15, 0.2) is 66.0 Å². The van der Waals surface area contributed by atoms with Crippen molar-refractivity contribution in [3.63, 3.8) is 0 Å². The molecule has 0 aliphatic heterocycles. The van der Waals surface area contributed by atoms with E-state index in [0.29, 0.717) is 38.5 Å². The first-order valence-electron chi connectivity index (χ1n) is 11.2. The zero-order valence-electron chi connectivity index (χ0n) is 19.5. The second kappa shape index (κ2) is 12.0. The van der Waals surface area contributed by atoms with E-state index >= 15 is 0 Å². The molecule has 0 bridgehead atoms. The van der Waals surface area contributed by atoms with Gasteiger partial charge < -0.3 is 19.3 Å². The van der Waals surface area contributed by atoms with E-state index in [1.165, 1.54) is 0 Å². The third-order valence-corrected chi connectivity index (χ3v) is 5.26. The van der Waals surface area contributed by atoms with Crippen LogP contribution in [0.5, 0.6) is 11.6 Å². The van der Waals surface area contributed by atoms with Crippen LogP contribution in [0, 0.1) is 13.8 Å². The minimum absolute atomic E-state index is 0.141. The molecule has 0 unspecified atom stereocenters. The number of rotatable bonds is 11. The number of nitrogens with zero attached hydrogens (tertiary/aromatic N) is 1. The van der Waals surface area contributed by atoms with E-state index < -0.39 is 5.97 Å². The van der Waals surface area contributed by atoms with Gasteiger partial charge in [0.1, 0.15) is 12.4 Å². The number of carbonyl (C=O) groups is 1. The zero-order valence-corrected chi connectivity index (χ0v) is 19.5. The second-order valence-electron chi connectivity index (χ2n) is 7.86. The van der Waals surface area contributed by atoms with Crippen LogP contribution in [0.25, 0.3) is 11.3 Å². The maximum Gasteiger partial charge on any atom is 0.303 e. The Kier molecular flexibility index (Phi) is 8.84. The standard InChI is InChI=1S/C27H31NO5/c1-4-31-14-15-32-23-16-19(2)27(20(3)17-23)24-6-5-7-25(28-24)33-18-22-10-8-21(9-11-22)12-13-26(29)30/h5-10,16-18H,4,11-15H2,1-3H3,(H,29,30). The highest BCUT2D eigenvalue weighted by atomic mass is 16.5. The molecule has 0 saturated heterocycles. The van der Waals surface area contributed by atoms with E-state index in [1.807, 2.05) is 55.5 Å². The fourth-order valence-electron chi connectivity index (χ4n) is 3.65. The van der Waals surface area contributed by atoms with Crippen molar-refractivity contribution in [3.8, 4) is 22.9 Å². The molecule has 0 amide bonds. The number of benzene rings is 1. The number of hydrogen-bond donors (Lipinski definition) is 1. The van der Waals surface area contributed by atoms with Crippen LogP contribution < -0.4 is 9.47 Å². The van der Waals surface area contributed by atoms with Crippen LogP contribution in [-0.4, -0.2) is 35.9 Å². The Labute approximate surface area is 195 Å². The van der Waals surface area contributed by atoms with Crippen molar-refractivity contribution >= 4 is 5.97 Å². The van der Waals surface area contributed by atoms with E-state index in [0.717, 1.165) is 39.3 Å². The minimum atomic E-state index is -0.783. The van der Waals surface area contributed by atoms with Gasteiger partial charge in [-0.15, -0.1) is 0 Å². The Balaban J connectivity index is 1.66. The summed E-state index contributed by atoms with van der Waals surface area (Å²) in [6, 6.07) is 9.78. The summed E-state index contributed by atoms with van der Waals surface area (Å²) >= 11 is 0. The molecule has 174 valence electrons. The lowest BCUT2D eigenvalue weighted by atomic mass is 9.99. The minimum Gasteiger partial charge on any atom is -0.491 e. The normalized spacial score (nSPS) is 14.3. The lowest BCUT2D eigenvalue weighted by molar-refractivity contribution is -0.136. The van der Waals surface area contributed by atoms with Crippen molar-refractivity contribution in [2.24, 2.45) is 0 Å². The van der Waals surface area contributed by atoms with Gasteiger partial charge in [0, 0.05) is 24.7 Å². The number of aromatic nitrogens is 1. The SMILES string of the molecule is CCOCCOc1cc(C)c(-c2cccc(OC=C3C=CC(CCC(=O)O)=CC3)n2)c(C)c1. The van der Waals surface area contributed by atoms with Crippen molar-refractivity contribution in [1.29, 1.82) is 0 Å². The molecule has 0 radical (unpaired) electrons. The summed E-state index contributed by atoms with van der Waals surface area (Å²) < 4.78 is 17.0. The summed E-state index contributed by atoms with van der Waals surface area (Å²) in [4.78, 5) is 15.4. The van der Waals surface area contributed by atoms with Crippen LogP contribution in [0.4, 0.5) is 0 Å². The molecule has 1 aromatic heterocycles. The van der Waals surface area contributed by atoms with Gasteiger partial charge in [0.2, 0.25) is 5.88 Å². The Morgan fingerprint density at radius 2 is 1.94 bits per heavy atom. The molecule has 6 heteroatoms. The number of ether oxygens (including phenoxy) is 3. The van der Waals surface area contributed by atoms with Crippen molar-refractivity contribution in [3.05, 3.63) is 77.1 Å². The highest BCUT2D eigenvalue weighted by molar-refractivity contribution is 5.69. The van der Waals surface area contributed by atoms with Crippen molar-refractivity contribution in [1.82, 2.24) is 4.98 Å². The molecule has 1 aromatic carbocycles. The molecule has 1 aliphatic rings. The molecule has 2 aromatic rings. The quantitative estimate of drug-likeness (QED) is 0.345. The van der Waals surface area contributed by atoms with Crippen molar-refractivity contribution in [2.45, 2.75) is 40.0 Å². The molecule has 0 atom stereocenters. The summed E-state index contributed by atoms with van der Waals surface area (Å²) in [6.07, 6.45) is 9.01. The number of allylic oxidation sites excluding steroid dienone is 5. The summed E-state index contributed by atoms with van der Waals surface area (Å²) in [5, 5.41) is 8.81. The van der Waals surface area contributed by atoms with Crippen molar-refractivity contribution in [2.75, 3.05) is 19.8 Å². The molecule has 0 spiro atoms. The van der Waals surface area contributed by atoms with E-state index in [1.54, 1.807) is 6.26 Å². The molecule has 33 heavy (non-hydrogen) atoms. The molecule has 1 heterocycles. The molecule has 0 saturated carbocycles. The number of aryl methyl sites for hydroxylation is 2. The van der Waals surface area contributed by atoms with E-state index in [2.05, 4.69) is 13.8 Å². The predicted molar refractivity (Wildman–Crippen MR) is 129 cm³/mol. The van der Waals surface area contributed by atoms with Gasteiger partial charge >= 0.3 is 5.97 Å². The number of aliphatic carboxylic acids is 1. The second-order valence-corrected chi connectivity index (χ2v) is 7.86. The molecular formula is C27H31NO5. The van der Waals surface area contributed by atoms with Gasteiger partial charge in [0.15, 0.2) is 0 Å². The average molecular weight is 450 g/mol. The van der Waals surface area contributed by atoms with Gasteiger partial charge in [-0.1, -0.05) is 29.9 Å². The van der Waals surface area contributed by atoms with Gasteiger partial charge in [-0.3, -0.25) is 4.79 Å². The van der Waals surface area contributed by atoms with E-state index in [9.17, 15) is 4.79 Å². The fourth-order valence-corrected chi connectivity index (χ4v) is 3.65. The number of pyridine rings is 1. The van der Waals surface area contributed by atoms with Gasteiger partial charge in [-0.25, -0.2) is 4.98 Å². The lowest BCUT2D eigenvalue weighted by Crippen LogP contribution is -2.06. The fraction of sp³-hybridized carbons (Fsp3) is 0.333. The molecule has 3 rings (SSSR count). The number of carboxylic acids is 1. The van der Waals surface area contributed by atoms with Gasteiger partial charge in [-0.2, -0.15) is 0 Å². The predicted octanol–water partition coefficient (Wildman–Crippen LogP) is 5.79. The molecule has 1 aliphatic carbocycles. The smallest absolute Gasteiger partial charge is 0.303 e. The van der Waals surface area contributed by atoms with Gasteiger partial charge in [-0.05, 0) is 68.5 Å². The highest BCUT2D eigenvalue weighted by Gasteiger charge is 2.11. The maximum absolute atomic E-state index is 10.7. The maximum atomic E-state index is 10.7. The van der Waals surface area contributed by atoms with E-state index in [-0.39, 0.29) is 6.42 Å². The van der Waals surface area contributed by atoms with Crippen LogP contribution in [-0.2, 0) is 9.53 Å². The van der Waals surface area contributed by atoms with Crippen molar-refractivity contribution < 1.29 is 24.1 Å². The Morgan fingerprint density at radius 1 is 1.15 bits per heavy atom. The molecule has 0 fully saturated rings. The number of carboxylic acid groups (broad SMARTS) is 1. The van der Waals surface area contributed by atoms with Crippen LogP contribution >= 0.6 is 0 Å². The lowest BCUT2D eigenvalue weighted by Gasteiger charge is -2.14. The summed E-state index contributed by atoms with van der Waals surface area (Å²) in [5.41, 5.74) is 6.11. The summed E-state index contributed by atoms with van der Waals surface area (Å²) in [7, 11) is 0. The Morgan fingerprint density at radius 3 is 2.61 bits per heavy atom. The molecule has 6 nitrogen and oxygen atoms in total. The van der Waals surface area contributed by atoms with Crippen LogP contribution in [0.3, 0.4) is 0 Å². The Bertz CT molecular complexity index is 1040. The topological polar surface area (TPSA) is 77.9 Å². The zero-order chi connectivity index (χ0) is 23.6. The van der Waals surface area contributed by atoms with Gasteiger partial charge in [0.25, 0.3) is 0 Å². The van der Waals surface area contributed by atoms with Crippen LogP contribution in [0.2, 0.25) is 0 Å². The first-order chi connectivity index (χ1) is 16.0. The highest BCUT2D eigenvalue weighted by Crippen LogP contribution is 2.31. The third kappa shape index (κ3) is 7.32. The van der Waals surface area contributed by atoms with Gasteiger partial charge in [0.05, 0.1) is 18.6 Å². The summed E-state index contributed by atoms with van der Waals surface area (Å²) in [5.74, 6) is 0.560. The monoisotopic (exact) mass is 449 g/mol. The first kappa shape index (κ1) is 24.3. The van der Waals surface area contributed by atoms with Crippen LogP contribution in [0.1, 0.15) is 37.3 Å². The first-order valence-corrected chi connectivity index (χ1v) is 11.2. The number of hydrogen-bond acceptors (Lipinski definition) is 5. The third-order valence-electron chi connectivity index (χ3n) is 5.26.